The molecule has 0 aliphatic carbocycles. The Labute approximate surface area is 61.9 Å². The Morgan fingerprint density at radius 3 is 2.70 bits per heavy atom. The van der Waals surface area contributed by atoms with Gasteiger partial charge in [-0.3, -0.25) is 0 Å². The molecule has 1 fully saturated rings. The SMILES string of the molecule is CNCNN1CCNCC1. The number of piperazine rings is 1. The molecule has 1 rings (SSSR count). The molecule has 0 radical (unpaired) electrons. The molecule has 3 N–H and O–H groups in total. The van der Waals surface area contributed by atoms with Crippen molar-refractivity contribution >= 4 is 0 Å². The van der Waals surface area contributed by atoms with Crippen LogP contribution in [0.4, 0.5) is 0 Å². The van der Waals surface area contributed by atoms with Gasteiger partial charge in [-0.05, 0) is 7.05 Å². The minimum atomic E-state index is 0.861. The van der Waals surface area contributed by atoms with Crippen molar-refractivity contribution in [1.82, 2.24) is 21.1 Å². The van der Waals surface area contributed by atoms with E-state index < -0.39 is 0 Å². The van der Waals surface area contributed by atoms with Crippen LogP contribution in [0.3, 0.4) is 0 Å². The summed E-state index contributed by atoms with van der Waals surface area (Å²) in [6.07, 6.45) is 0. The Hall–Kier alpha value is -0.160. The molecule has 0 aromatic carbocycles. The second-order valence-corrected chi connectivity index (χ2v) is 2.43. The number of rotatable bonds is 3. The summed E-state index contributed by atoms with van der Waals surface area (Å²) in [6.45, 7) is 5.25. The highest BCUT2D eigenvalue weighted by Crippen LogP contribution is 1.84. The van der Waals surface area contributed by atoms with Crippen molar-refractivity contribution in [2.24, 2.45) is 0 Å². The lowest BCUT2D eigenvalue weighted by Crippen LogP contribution is -2.52. The van der Waals surface area contributed by atoms with Crippen LogP contribution in [0.15, 0.2) is 0 Å². The fraction of sp³-hybridized carbons (Fsp3) is 1.00. The topological polar surface area (TPSA) is 39.3 Å². The van der Waals surface area contributed by atoms with Crippen LogP contribution in [-0.4, -0.2) is 44.9 Å². The molecule has 4 heteroatoms. The van der Waals surface area contributed by atoms with Crippen LogP contribution in [0.5, 0.6) is 0 Å². The fourth-order valence-electron chi connectivity index (χ4n) is 1.01. The lowest BCUT2D eigenvalue weighted by Gasteiger charge is -2.27. The van der Waals surface area contributed by atoms with E-state index in [-0.39, 0.29) is 0 Å². The van der Waals surface area contributed by atoms with Gasteiger partial charge in [0.2, 0.25) is 0 Å². The smallest absolute Gasteiger partial charge is 0.0589 e. The third kappa shape index (κ3) is 2.62. The molecule has 0 bridgehead atoms. The van der Waals surface area contributed by atoms with Crippen molar-refractivity contribution in [2.45, 2.75) is 0 Å². The lowest BCUT2D eigenvalue weighted by molar-refractivity contribution is 0.161. The molecule has 0 aromatic rings. The summed E-state index contributed by atoms with van der Waals surface area (Å²) in [4.78, 5) is 0. The van der Waals surface area contributed by atoms with E-state index in [2.05, 4.69) is 21.1 Å². The molecular weight excluding hydrogens is 128 g/mol. The van der Waals surface area contributed by atoms with Crippen LogP contribution in [0.2, 0.25) is 0 Å². The zero-order chi connectivity index (χ0) is 7.23. The van der Waals surface area contributed by atoms with E-state index in [0.717, 1.165) is 32.8 Å². The summed E-state index contributed by atoms with van der Waals surface area (Å²) >= 11 is 0. The lowest BCUT2D eigenvalue weighted by atomic mass is 10.4. The van der Waals surface area contributed by atoms with Crippen LogP contribution >= 0.6 is 0 Å². The minimum absolute atomic E-state index is 0.861. The maximum atomic E-state index is 3.29. The summed E-state index contributed by atoms with van der Waals surface area (Å²) in [5.41, 5.74) is 3.25. The fourth-order valence-corrected chi connectivity index (χ4v) is 1.01. The van der Waals surface area contributed by atoms with Crippen molar-refractivity contribution in [2.75, 3.05) is 39.9 Å². The van der Waals surface area contributed by atoms with E-state index in [0.29, 0.717) is 0 Å². The van der Waals surface area contributed by atoms with Crippen molar-refractivity contribution in [3.63, 3.8) is 0 Å². The van der Waals surface area contributed by atoms with Gasteiger partial charge in [0.25, 0.3) is 0 Å². The van der Waals surface area contributed by atoms with E-state index in [1.165, 1.54) is 0 Å². The molecule has 0 unspecified atom stereocenters. The summed E-state index contributed by atoms with van der Waals surface area (Å²) in [5, 5.41) is 8.56. The van der Waals surface area contributed by atoms with Crippen molar-refractivity contribution < 1.29 is 0 Å². The quantitative estimate of drug-likeness (QED) is 0.425. The highest BCUT2D eigenvalue weighted by Gasteiger charge is 2.06. The molecule has 1 aliphatic rings. The molecule has 0 atom stereocenters. The maximum absolute atomic E-state index is 3.29. The summed E-state index contributed by atoms with van der Waals surface area (Å²) in [5.74, 6) is 0. The first-order valence-electron chi connectivity index (χ1n) is 3.77. The average Bonchev–Trinajstić information content (AvgIpc) is 2.03. The van der Waals surface area contributed by atoms with Crippen LogP contribution in [0.1, 0.15) is 0 Å². The molecule has 1 aliphatic heterocycles. The van der Waals surface area contributed by atoms with Crippen LogP contribution < -0.4 is 16.1 Å². The standard InChI is InChI=1S/C6H16N4/c1-7-6-9-10-4-2-8-3-5-10/h7-9H,2-6H2,1H3. The first kappa shape index (κ1) is 7.94. The number of nitrogens with zero attached hydrogens (tertiary/aromatic N) is 1. The maximum Gasteiger partial charge on any atom is 0.0589 e. The Morgan fingerprint density at radius 2 is 2.10 bits per heavy atom. The van der Waals surface area contributed by atoms with Crippen LogP contribution in [-0.2, 0) is 0 Å². The third-order valence-electron chi connectivity index (χ3n) is 1.60. The van der Waals surface area contributed by atoms with E-state index >= 15 is 0 Å². The van der Waals surface area contributed by atoms with Crippen LogP contribution in [0.25, 0.3) is 0 Å². The Kier molecular flexibility index (Phi) is 3.67. The number of hydrazine groups is 1. The summed E-state index contributed by atoms with van der Waals surface area (Å²) in [6, 6.07) is 0. The van der Waals surface area contributed by atoms with E-state index in [1.807, 2.05) is 7.05 Å². The summed E-state index contributed by atoms with van der Waals surface area (Å²) < 4.78 is 0. The van der Waals surface area contributed by atoms with E-state index in [4.69, 9.17) is 0 Å². The molecule has 60 valence electrons. The Balaban J connectivity index is 2.02. The van der Waals surface area contributed by atoms with Gasteiger partial charge < -0.3 is 10.6 Å². The first-order valence-corrected chi connectivity index (χ1v) is 3.77. The van der Waals surface area contributed by atoms with Gasteiger partial charge in [-0.2, -0.15) is 0 Å². The molecule has 10 heavy (non-hydrogen) atoms. The number of hydrogen-bond donors (Lipinski definition) is 3. The minimum Gasteiger partial charge on any atom is -0.314 e. The normalized spacial score (nSPS) is 21.3. The first-order chi connectivity index (χ1) is 4.93. The van der Waals surface area contributed by atoms with Gasteiger partial charge in [0.05, 0.1) is 6.67 Å². The average molecular weight is 144 g/mol. The Morgan fingerprint density at radius 1 is 1.40 bits per heavy atom. The highest BCUT2D eigenvalue weighted by molar-refractivity contribution is 4.62. The predicted molar refractivity (Wildman–Crippen MR) is 41.5 cm³/mol. The second kappa shape index (κ2) is 4.62. The zero-order valence-corrected chi connectivity index (χ0v) is 6.48. The van der Waals surface area contributed by atoms with E-state index in [9.17, 15) is 0 Å². The van der Waals surface area contributed by atoms with Crippen molar-refractivity contribution in [1.29, 1.82) is 0 Å². The molecule has 1 heterocycles. The predicted octanol–water partition coefficient (Wildman–Crippen LogP) is -1.43. The molecule has 0 saturated carbocycles. The van der Waals surface area contributed by atoms with Crippen LogP contribution in [0, 0.1) is 0 Å². The molecule has 4 nitrogen and oxygen atoms in total. The number of hydrogen-bond acceptors (Lipinski definition) is 4. The highest BCUT2D eigenvalue weighted by atomic mass is 15.5. The van der Waals surface area contributed by atoms with Gasteiger partial charge in [0.15, 0.2) is 0 Å². The van der Waals surface area contributed by atoms with Gasteiger partial charge in [-0.25, -0.2) is 10.4 Å². The van der Waals surface area contributed by atoms with E-state index in [1.54, 1.807) is 0 Å². The van der Waals surface area contributed by atoms with Gasteiger partial charge in [0, 0.05) is 26.2 Å². The molecular formula is C6H16N4. The van der Waals surface area contributed by atoms with Crippen molar-refractivity contribution in [3.05, 3.63) is 0 Å². The monoisotopic (exact) mass is 144 g/mol. The largest absolute Gasteiger partial charge is 0.314 e. The summed E-state index contributed by atoms with van der Waals surface area (Å²) in [7, 11) is 1.94. The number of nitrogens with one attached hydrogen (secondary N) is 3. The van der Waals surface area contributed by atoms with Gasteiger partial charge in [0.1, 0.15) is 0 Å². The molecule has 0 amide bonds. The molecule has 1 saturated heterocycles. The molecule has 0 aromatic heterocycles. The van der Waals surface area contributed by atoms with Crippen molar-refractivity contribution in [3.8, 4) is 0 Å². The molecule has 0 spiro atoms. The van der Waals surface area contributed by atoms with Gasteiger partial charge in [-0.15, -0.1) is 0 Å². The van der Waals surface area contributed by atoms with Gasteiger partial charge >= 0.3 is 0 Å². The second-order valence-electron chi connectivity index (χ2n) is 2.43. The third-order valence-corrected chi connectivity index (χ3v) is 1.60. The Bertz CT molecular complexity index is 79.8. The van der Waals surface area contributed by atoms with Gasteiger partial charge in [-0.1, -0.05) is 0 Å². The zero-order valence-electron chi connectivity index (χ0n) is 6.48.